The number of nitrogens with one attached hydrogen (secondary N) is 1. The summed E-state index contributed by atoms with van der Waals surface area (Å²) in [6.45, 7) is 4.17. The van der Waals surface area contributed by atoms with Gasteiger partial charge in [-0.3, -0.25) is 4.79 Å². The maximum atomic E-state index is 12.8. The third kappa shape index (κ3) is 3.33. The fraction of sp³-hybridized carbons (Fsp3) is 0.211. The highest BCUT2D eigenvalue weighted by molar-refractivity contribution is 9.10. The fourth-order valence-electron chi connectivity index (χ4n) is 2.68. The average molecular weight is 388 g/mol. The van der Waals surface area contributed by atoms with Crippen LogP contribution in [0.25, 0.3) is 10.1 Å². The topological polar surface area (TPSA) is 29.1 Å². The molecule has 0 saturated heterocycles. The lowest BCUT2D eigenvalue weighted by Gasteiger charge is -2.08. The summed E-state index contributed by atoms with van der Waals surface area (Å²) < 4.78 is 2.08. The summed E-state index contributed by atoms with van der Waals surface area (Å²) in [4.78, 5) is 13.6. The number of hydrogen-bond donors (Lipinski definition) is 1. The molecule has 1 N–H and O–H groups in total. The average Bonchev–Trinajstić information content (AvgIpc) is 2.90. The predicted molar refractivity (Wildman–Crippen MR) is 103 cm³/mol. The Morgan fingerprint density at radius 3 is 2.74 bits per heavy atom. The summed E-state index contributed by atoms with van der Waals surface area (Å²) in [7, 11) is 0. The zero-order chi connectivity index (χ0) is 16.4. The van der Waals surface area contributed by atoms with Gasteiger partial charge < -0.3 is 5.32 Å². The van der Waals surface area contributed by atoms with Crippen LogP contribution in [-0.2, 0) is 6.42 Å². The Morgan fingerprint density at radius 2 is 2.00 bits per heavy atom. The summed E-state index contributed by atoms with van der Waals surface area (Å²) in [6.07, 6.45) is 1.94. The van der Waals surface area contributed by atoms with Gasteiger partial charge in [0, 0.05) is 9.17 Å². The van der Waals surface area contributed by atoms with Crippen LogP contribution in [0.1, 0.15) is 34.1 Å². The van der Waals surface area contributed by atoms with E-state index in [1.165, 1.54) is 10.1 Å². The lowest BCUT2D eigenvalue weighted by molar-refractivity contribution is 0.103. The van der Waals surface area contributed by atoms with E-state index in [1.807, 2.05) is 37.3 Å². The van der Waals surface area contributed by atoms with Gasteiger partial charge in [-0.2, -0.15) is 0 Å². The van der Waals surface area contributed by atoms with Crippen molar-refractivity contribution < 1.29 is 4.79 Å². The summed E-state index contributed by atoms with van der Waals surface area (Å²) in [5, 5.41) is 4.24. The largest absolute Gasteiger partial charge is 0.320 e. The zero-order valence-electron chi connectivity index (χ0n) is 13.2. The van der Waals surface area contributed by atoms with Crippen LogP contribution in [0.3, 0.4) is 0 Å². The van der Waals surface area contributed by atoms with E-state index in [0.29, 0.717) is 0 Å². The number of rotatable bonds is 4. The molecule has 0 aliphatic rings. The molecule has 1 heterocycles. The van der Waals surface area contributed by atoms with E-state index in [9.17, 15) is 4.79 Å². The molecule has 0 radical (unpaired) electrons. The van der Waals surface area contributed by atoms with Gasteiger partial charge in [-0.15, -0.1) is 11.3 Å². The first-order valence-electron chi connectivity index (χ1n) is 7.68. The van der Waals surface area contributed by atoms with Gasteiger partial charge in [0.15, 0.2) is 0 Å². The number of amides is 1. The number of carbonyl (C=O) groups excluding carboxylic acids is 1. The lowest BCUT2D eigenvalue weighted by atomic mass is 10.1. The Balaban J connectivity index is 1.98. The van der Waals surface area contributed by atoms with Gasteiger partial charge in [0.2, 0.25) is 0 Å². The maximum absolute atomic E-state index is 12.8. The summed E-state index contributed by atoms with van der Waals surface area (Å²) in [5.41, 5.74) is 3.12. The molecule has 0 aliphatic carbocycles. The van der Waals surface area contributed by atoms with Gasteiger partial charge in [0.25, 0.3) is 5.91 Å². The smallest absolute Gasteiger partial charge is 0.266 e. The van der Waals surface area contributed by atoms with Crippen LogP contribution in [0.15, 0.2) is 46.9 Å². The SMILES string of the molecule is CCCc1c(C(=O)Nc2ccc(C)cc2Br)sc2ccccc12. The third-order valence-corrected chi connectivity index (χ3v) is 5.65. The molecule has 2 aromatic carbocycles. The van der Waals surface area contributed by atoms with Crippen molar-refractivity contribution in [3.63, 3.8) is 0 Å². The third-order valence-electron chi connectivity index (χ3n) is 3.78. The minimum absolute atomic E-state index is 0.0285. The van der Waals surface area contributed by atoms with Crippen molar-refractivity contribution in [3.8, 4) is 0 Å². The second kappa shape index (κ2) is 6.85. The number of hydrogen-bond acceptors (Lipinski definition) is 2. The highest BCUT2D eigenvalue weighted by Gasteiger charge is 2.18. The summed E-state index contributed by atoms with van der Waals surface area (Å²) in [5.74, 6) is -0.0285. The van der Waals surface area contributed by atoms with Gasteiger partial charge in [-0.1, -0.05) is 37.6 Å². The van der Waals surface area contributed by atoms with Crippen molar-refractivity contribution in [2.24, 2.45) is 0 Å². The normalized spacial score (nSPS) is 10.9. The molecule has 0 spiro atoms. The van der Waals surface area contributed by atoms with Crippen LogP contribution in [0.5, 0.6) is 0 Å². The minimum Gasteiger partial charge on any atom is -0.320 e. The second-order valence-electron chi connectivity index (χ2n) is 5.59. The molecule has 2 nitrogen and oxygen atoms in total. The molecule has 0 saturated carbocycles. The van der Waals surface area contributed by atoms with Crippen molar-refractivity contribution >= 4 is 48.9 Å². The number of anilines is 1. The molecular weight excluding hydrogens is 370 g/mol. The molecule has 0 unspecified atom stereocenters. The maximum Gasteiger partial charge on any atom is 0.266 e. The molecule has 0 aliphatic heterocycles. The monoisotopic (exact) mass is 387 g/mol. The fourth-order valence-corrected chi connectivity index (χ4v) is 4.42. The number of thiophene rings is 1. The molecule has 23 heavy (non-hydrogen) atoms. The molecule has 4 heteroatoms. The van der Waals surface area contributed by atoms with Crippen molar-refractivity contribution in [2.75, 3.05) is 5.32 Å². The number of halogens is 1. The Kier molecular flexibility index (Phi) is 4.83. The van der Waals surface area contributed by atoms with E-state index in [1.54, 1.807) is 11.3 Å². The summed E-state index contributed by atoms with van der Waals surface area (Å²) >= 11 is 5.09. The summed E-state index contributed by atoms with van der Waals surface area (Å²) in [6, 6.07) is 14.2. The molecule has 1 amide bonds. The lowest BCUT2D eigenvalue weighted by Crippen LogP contribution is -2.12. The van der Waals surface area contributed by atoms with Crippen LogP contribution < -0.4 is 5.32 Å². The van der Waals surface area contributed by atoms with E-state index >= 15 is 0 Å². The highest BCUT2D eigenvalue weighted by atomic mass is 79.9. The second-order valence-corrected chi connectivity index (χ2v) is 7.50. The van der Waals surface area contributed by atoms with E-state index < -0.39 is 0 Å². The molecule has 1 aromatic heterocycles. The Hall–Kier alpha value is -1.65. The first-order chi connectivity index (χ1) is 11.1. The van der Waals surface area contributed by atoms with Gasteiger partial charge in [-0.25, -0.2) is 0 Å². The number of fused-ring (bicyclic) bond motifs is 1. The zero-order valence-corrected chi connectivity index (χ0v) is 15.6. The Bertz CT molecular complexity index is 869. The molecule has 0 bridgehead atoms. The van der Waals surface area contributed by atoms with Crippen LogP contribution in [0.2, 0.25) is 0 Å². The van der Waals surface area contributed by atoms with Crippen LogP contribution >= 0.6 is 27.3 Å². The first-order valence-corrected chi connectivity index (χ1v) is 9.29. The van der Waals surface area contributed by atoms with E-state index in [2.05, 4.69) is 40.3 Å². The molecule has 3 aromatic rings. The van der Waals surface area contributed by atoms with Crippen LogP contribution in [0, 0.1) is 6.92 Å². The van der Waals surface area contributed by atoms with E-state index in [-0.39, 0.29) is 5.91 Å². The molecule has 0 atom stereocenters. The first kappa shape index (κ1) is 16.2. The quantitative estimate of drug-likeness (QED) is 0.568. The molecule has 118 valence electrons. The number of aryl methyl sites for hydroxylation is 2. The van der Waals surface area contributed by atoms with Gasteiger partial charge >= 0.3 is 0 Å². The van der Waals surface area contributed by atoms with Crippen LogP contribution in [0.4, 0.5) is 5.69 Å². The van der Waals surface area contributed by atoms with E-state index in [0.717, 1.165) is 39.0 Å². The minimum atomic E-state index is -0.0285. The number of benzene rings is 2. The van der Waals surface area contributed by atoms with Crippen molar-refractivity contribution in [2.45, 2.75) is 26.7 Å². The van der Waals surface area contributed by atoms with Crippen molar-refractivity contribution in [1.82, 2.24) is 0 Å². The van der Waals surface area contributed by atoms with E-state index in [4.69, 9.17) is 0 Å². The van der Waals surface area contributed by atoms with Gasteiger partial charge in [0.1, 0.15) is 0 Å². The standard InChI is InChI=1S/C19H18BrNOS/c1-3-6-14-13-7-4-5-8-17(13)23-18(14)19(22)21-16-10-9-12(2)11-15(16)20/h4-5,7-11H,3,6H2,1-2H3,(H,21,22). The number of carbonyl (C=O) groups is 1. The van der Waals surface area contributed by atoms with Crippen molar-refractivity contribution in [1.29, 1.82) is 0 Å². The van der Waals surface area contributed by atoms with Crippen LogP contribution in [-0.4, -0.2) is 5.91 Å². The Morgan fingerprint density at radius 1 is 1.22 bits per heavy atom. The van der Waals surface area contributed by atoms with Gasteiger partial charge in [-0.05, 0) is 64.0 Å². The van der Waals surface area contributed by atoms with Gasteiger partial charge in [0.05, 0.1) is 10.6 Å². The van der Waals surface area contributed by atoms with Crippen molar-refractivity contribution in [3.05, 3.63) is 62.9 Å². The molecule has 3 rings (SSSR count). The molecular formula is C19H18BrNOS. The highest BCUT2D eigenvalue weighted by Crippen LogP contribution is 2.33. The predicted octanol–water partition coefficient (Wildman–Crippen LogP) is 6.18. The molecule has 0 fully saturated rings. The Labute approximate surface area is 148 Å².